The van der Waals surface area contributed by atoms with Crippen molar-refractivity contribution in [3.05, 3.63) is 0 Å². The van der Waals surface area contributed by atoms with Gasteiger partial charge in [-0.1, -0.05) is 20.8 Å². The Balaban J connectivity index is 2.89. The summed E-state index contributed by atoms with van der Waals surface area (Å²) in [5.41, 5.74) is 0.0551. The van der Waals surface area contributed by atoms with Gasteiger partial charge in [0.2, 0.25) is 10.0 Å². The van der Waals surface area contributed by atoms with Gasteiger partial charge >= 0.3 is 0 Å². The third kappa shape index (κ3) is 2.44. The number of nitrogens with zero attached hydrogens (tertiary/aromatic N) is 1. The summed E-state index contributed by atoms with van der Waals surface area (Å²) in [6.45, 7) is 6.99. The maximum absolute atomic E-state index is 11.4. The van der Waals surface area contributed by atoms with Crippen molar-refractivity contribution in [2.75, 3.05) is 12.8 Å². The van der Waals surface area contributed by atoms with Crippen molar-refractivity contribution >= 4 is 10.0 Å². The molecule has 1 heterocycles. The molecule has 78 valence electrons. The highest BCUT2D eigenvalue weighted by Gasteiger charge is 2.38. The molecule has 0 amide bonds. The molecule has 1 aliphatic heterocycles. The molecule has 0 radical (unpaired) electrons. The van der Waals surface area contributed by atoms with E-state index < -0.39 is 10.0 Å². The summed E-state index contributed by atoms with van der Waals surface area (Å²) in [5, 5.41) is 0. The molecule has 0 aromatic rings. The van der Waals surface area contributed by atoms with E-state index in [0.29, 0.717) is 6.54 Å². The third-order valence-corrected chi connectivity index (χ3v) is 3.92. The first-order valence-electron chi connectivity index (χ1n) is 4.70. The van der Waals surface area contributed by atoms with Crippen molar-refractivity contribution in [1.29, 1.82) is 0 Å². The zero-order valence-electron chi connectivity index (χ0n) is 8.87. The van der Waals surface area contributed by atoms with Crippen LogP contribution in [0.25, 0.3) is 0 Å². The van der Waals surface area contributed by atoms with Crippen LogP contribution in [0.15, 0.2) is 0 Å². The van der Waals surface area contributed by atoms with Gasteiger partial charge in [-0.05, 0) is 18.3 Å². The van der Waals surface area contributed by atoms with Crippen molar-refractivity contribution in [3.63, 3.8) is 0 Å². The molecule has 0 N–H and O–H groups in total. The predicted molar refractivity (Wildman–Crippen MR) is 54.0 cm³/mol. The molecule has 0 spiro atoms. The van der Waals surface area contributed by atoms with Crippen LogP contribution >= 0.6 is 0 Å². The van der Waals surface area contributed by atoms with Crippen LogP contribution in [0.1, 0.15) is 33.6 Å². The molecule has 0 bridgehead atoms. The van der Waals surface area contributed by atoms with Gasteiger partial charge in [0.1, 0.15) is 0 Å². The highest BCUT2D eigenvalue weighted by atomic mass is 32.2. The standard InChI is InChI=1S/C9H19NO2S/c1-9(2,3)8-6-5-7-10(8)13(4,11)12/h8H,5-7H2,1-4H3/t8-/m1/s1. The summed E-state index contributed by atoms with van der Waals surface area (Å²) in [6, 6.07) is 0.183. The largest absolute Gasteiger partial charge is 0.212 e. The fourth-order valence-corrected chi connectivity index (χ4v) is 3.35. The molecule has 0 aromatic carbocycles. The molecule has 1 rings (SSSR count). The fraction of sp³-hybridized carbons (Fsp3) is 1.00. The van der Waals surface area contributed by atoms with E-state index in [-0.39, 0.29) is 11.5 Å². The van der Waals surface area contributed by atoms with Crippen LogP contribution < -0.4 is 0 Å². The monoisotopic (exact) mass is 205 g/mol. The van der Waals surface area contributed by atoms with Crippen molar-refractivity contribution in [3.8, 4) is 0 Å². The van der Waals surface area contributed by atoms with Crippen LogP contribution in [-0.4, -0.2) is 31.6 Å². The first-order chi connectivity index (χ1) is 5.73. The van der Waals surface area contributed by atoms with Crippen LogP contribution in [0.5, 0.6) is 0 Å². The fourth-order valence-electron chi connectivity index (χ4n) is 2.00. The average Bonchev–Trinajstić information content (AvgIpc) is 2.27. The molecule has 1 fully saturated rings. The lowest BCUT2D eigenvalue weighted by atomic mass is 9.86. The van der Waals surface area contributed by atoms with E-state index in [1.54, 1.807) is 4.31 Å². The molecule has 13 heavy (non-hydrogen) atoms. The highest BCUT2D eigenvalue weighted by Crippen LogP contribution is 2.33. The number of sulfonamides is 1. The van der Waals surface area contributed by atoms with Gasteiger partial charge in [-0.3, -0.25) is 0 Å². The second kappa shape index (κ2) is 3.24. The lowest BCUT2D eigenvalue weighted by Crippen LogP contribution is -2.42. The Bertz CT molecular complexity index is 276. The van der Waals surface area contributed by atoms with Crippen LogP contribution in [-0.2, 0) is 10.0 Å². The second-order valence-corrected chi connectivity index (χ2v) is 6.83. The average molecular weight is 205 g/mol. The van der Waals surface area contributed by atoms with Gasteiger partial charge in [-0.25, -0.2) is 8.42 Å². The zero-order chi connectivity index (χ0) is 10.3. The summed E-state index contributed by atoms with van der Waals surface area (Å²) < 4.78 is 24.5. The van der Waals surface area contributed by atoms with Crippen LogP contribution in [0, 0.1) is 5.41 Å². The van der Waals surface area contributed by atoms with E-state index in [1.165, 1.54) is 6.26 Å². The first-order valence-corrected chi connectivity index (χ1v) is 6.54. The van der Waals surface area contributed by atoms with Gasteiger partial charge in [-0.15, -0.1) is 0 Å². The Morgan fingerprint density at radius 2 is 1.85 bits per heavy atom. The molecule has 4 heteroatoms. The van der Waals surface area contributed by atoms with Crippen LogP contribution in [0.4, 0.5) is 0 Å². The second-order valence-electron chi connectivity index (χ2n) is 4.90. The van der Waals surface area contributed by atoms with E-state index in [2.05, 4.69) is 20.8 Å². The lowest BCUT2D eigenvalue weighted by Gasteiger charge is -2.33. The number of hydrogen-bond acceptors (Lipinski definition) is 2. The number of rotatable bonds is 1. The molecule has 0 aliphatic carbocycles. The molecule has 0 saturated carbocycles. The van der Waals surface area contributed by atoms with E-state index in [4.69, 9.17) is 0 Å². The number of hydrogen-bond donors (Lipinski definition) is 0. The van der Waals surface area contributed by atoms with Gasteiger partial charge in [0.15, 0.2) is 0 Å². The van der Waals surface area contributed by atoms with Crippen molar-refractivity contribution < 1.29 is 8.42 Å². The van der Waals surface area contributed by atoms with Crippen molar-refractivity contribution in [1.82, 2.24) is 4.31 Å². The molecule has 1 aliphatic rings. The molecule has 0 aromatic heterocycles. The SMILES string of the molecule is CC(C)(C)[C@H]1CCCN1S(C)(=O)=O. The van der Waals surface area contributed by atoms with E-state index in [9.17, 15) is 8.42 Å². The predicted octanol–water partition coefficient (Wildman–Crippen LogP) is 1.46. The molecule has 0 unspecified atom stereocenters. The van der Waals surface area contributed by atoms with E-state index in [0.717, 1.165) is 12.8 Å². The molecule has 1 atom stereocenters. The lowest BCUT2D eigenvalue weighted by molar-refractivity contribution is 0.217. The van der Waals surface area contributed by atoms with E-state index >= 15 is 0 Å². The van der Waals surface area contributed by atoms with Crippen LogP contribution in [0.3, 0.4) is 0 Å². The van der Waals surface area contributed by atoms with E-state index in [1.807, 2.05) is 0 Å². The Kier molecular flexibility index (Phi) is 2.74. The molecule has 3 nitrogen and oxygen atoms in total. The minimum absolute atomic E-state index is 0.0551. The van der Waals surface area contributed by atoms with Gasteiger partial charge in [0.05, 0.1) is 6.26 Å². The Labute approximate surface area is 81.2 Å². The molecular weight excluding hydrogens is 186 g/mol. The van der Waals surface area contributed by atoms with Gasteiger partial charge in [0.25, 0.3) is 0 Å². The van der Waals surface area contributed by atoms with Gasteiger partial charge in [-0.2, -0.15) is 4.31 Å². The maximum Gasteiger partial charge on any atom is 0.211 e. The quantitative estimate of drug-likeness (QED) is 0.650. The smallest absolute Gasteiger partial charge is 0.211 e. The minimum Gasteiger partial charge on any atom is -0.212 e. The Hall–Kier alpha value is -0.0900. The first kappa shape index (κ1) is 11.0. The summed E-state index contributed by atoms with van der Waals surface area (Å²) in [6.07, 6.45) is 3.29. The normalized spacial score (nSPS) is 26.6. The summed E-state index contributed by atoms with van der Waals surface area (Å²) in [4.78, 5) is 0. The minimum atomic E-state index is -3.00. The van der Waals surface area contributed by atoms with Crippen molar-refractivity contribution in [2.24, 2.45) is 5.41 Å². The van der Waals surface area contributed by atoms with Gasteiger partial charge in [0, 0.05) is 12.6 Å². The van der Waals surface area contributed by atoms with Crippen LogP contribution in [0.2, 0.25) is 0 Å². The third-order valence-electron chi connectivity index (χ3n) is 2.63. The Morgan fingerprint density at radius 1 is 1.31 bits per heavy atom. The van der Waals surface area contributed by atoms with Crippen molar-refractivity contribution in [2.45, 2.75) is 39.7 Å². The zero-order valence-corrected chi connectivity index (χ0v) is 9.69. The summed E-state index contributed by atoms with van der Waals surface area (Å²) >= 11 is 0. The maximum atomic E-state index is 11.4. The summed E-state index contributed by atoms with van der Waals surface area (Å²) in [7, 11) is -3.00. The topological polar surface area (TPSA) is 37.4 Å². The Morgan fingerprint density at radius 3 is 2.15 bits per heavy atom. The molecular formula is C9H19NO2S. The highest BCUT2D eigenvalue weighted by molar-refractivity contribution is 7.88. The van der Waals surface area contributed by atoms with Gasteiger partial charge < -0.3 is 0 Å². The summed E-state index contributed by atoms with van der Waals surface area (Å²) in [5.74, 6) is 0. The molecule has 1 saturated heterocycles.